The molecule has 0 spiro atoms. The third kappa shape index (κ3) is 3.26. The van der Waals surface area contributed by atoms with Crippen molar-refractivity contribution < 1.29 is 4.74 Å². The number of aryl methyl sites for hydroxylation is 2. The maximum Gasteiger partial charge on any atom is 0.138 e. The van der Waals surface area contributed by atoms with Gasteiger partial charge < -0.3 is 14.6 Å². The summed E-state index contributed by atoms with van der Waals surface area (Å²) in [5.41, 5.74) is 0. The van der Waals surface area contributed by atoms with Crippen molar-refractivity contribution in [2.45, 2.75) is 32.2 Å². The Morgan fingerprint density at radius 3 is 2.88 bits per heavy atom. The first-order valence-electron chi connectivity index (χ1n) is 8.81. The largest absolute Gasteiger partial charge is 0.381 e. The van der Waals surface area contributed by atoms with Crippen LogP contribution in [-0.2, 0) is 18.2 Å². The summed E-state index contributed by atoms with van der Waals surface area (Å²) in [6.45, 7) is 3.79. The summed E-state index contributed by atoms with van der Waals surface area (Å²) in [5.74, 6) is 2.43. The molecular formula is C18H23N5OS. The lowest BCUT2D eigenvalue weighted by Gasteiger charge is -2.31. The zero-order valence-corrected chi connectivity index (χ0v) is 15.4. The molecule has 1 aliphatic rings. The molecular weight excluding hydrogens is 334 g/mol. The number of fused-ring (bicyclic) bond motifs is 1. The van der Waals surface area contributed by atoms with E-state index in [1.54, 1.807) is 17.7 Å². The Balaban J connectivity index is 1.71. The van der Waals surface area contributed by atoms with Crippen LogP contribution in [0.15, 0.2) is 24.8 Å². The van der Waals surface area contributed by atoms with Gasteiger partial charge in [-0.1, -0.05) is 6.92 Å². The van der Waals surface area contributed by atoms with E-state index in [1.807, 2.05) is 19.4 Å². The lowest BCUT2D eigenvalue weighted by Crippen LogP contribution is -2.29. The van der Waals surface area contributed by atoms with Crippen LogP contribution in [0, 0.1) is 5.92 Å². The Morgan fingerprint density at radius 1 is 1.32 bits per heavy atom. The average Bonchev–Trinajstić information content (AvgIpc) is 3.26. The number of hydrogen-bond donors (Lipinski definition) is 1. The Labute approximate surface area is 151 Å². The van der Waals surface area contributed by atoms with Gasteiger partial charge in [0, 0.05) is 37.5 Å². The monoisotopic (exact) mass is 357 g/mol. The second-order valence-electron chi connectivity index (χ2n) is 6.48. The van der Waals surface area contributed by atoms with E-state index < -0.39 is 0 Å². The molecule has 3 aromatic heterocycles. The summed E-state index contributed by atoms with van der Waals surface area (Å²) in [6.07, 6.45) is 8.59. The zero-order valence-electron chi connectivity index (χ0n) is 14.6. The second kappa shape index (κ2) is 7.09. The first-order valence-corrected chi connectivity index (χ1v) is 9.63. The quantitative estimate of drug-likeness (QED) is 0.756. The molecule has 0 saturated carbocycles. The van der Waals surface area contributed by atoms with E-state index in [9.17, 15) is 0 Å². The fourth-order valence-electron chi connectivity index (χ4n) is 3.46. The van der Waals surface area contributed by atoms with Gasteiger partial charge in [-0.2, -0.15) is 0 Å². The topological polar surface area (TPSA) is 64.9 Å². The molecule has 0 aromatic carbocycles. The number of nitrogens with one attached hydrogen (secondary N) is 1. The minimum atomic E-state index is 0.118. The van der Waals surface area contributed by atoms with Crippen LogP contribution < -0.4 is 5.32 Å². The first kappa shape index (κ1) is 16.5. The molecule has 1 atom stereocenters. The van der Waals surface area contributed by atoms with E-state index in [-0.39, 0.29) is 6.04 Å². The number of rotatable bonds is 5. The van der Waals surface area contributed by atoms with Crippen LogP contribution in [0.4, 0.5) is 5.82 Å². The number of aromatic nitrogens is 4. The van der Waals surface area contributed by atoms with Gasteiger partial charge in [0.05, 0.1) is 11.4 Å². The van der Waals surface area contributed by atoms with Gasteiger partial charge in [-0.05, 0) is 31.2 Å². The Morgan fingerprint density at radius 2 is 2.16 bits per heavy atom. The fourth-order valence-corrected chi connectivity index (χ4v) is 4.40. The molecule has 1 unspecified atom stereocenters. The second-order valence-corrected chi connectivity index (χ2v) is 7.59. The third-order valence-electron chi connectivity index (χ3n) is 4.90. The van der Waals surface area contributed by atoms with Gasteiger partial charge in [-0.15, -0.1) is 11.3 Å². The summed E-state index contributed by atoms with van der Waals surface area (Å²) in [4.78, 5) is 16.0. The number of hydrogen-bond acceptors (Lipinski definition) is 6. The Hall–Kier alpha value is -1.99. The highest BCUT2D eigenvalue weighted by molar-refractivity contribution is 7.18. The van der Waals surface area contributed by atoms with Crippen LogP contribution in [0.3, 0.4) is 0 Å². The van der Waals surface area contributed by atoms with E-state index in [0.29, 0.717) is 5.92 Å². The molecule has 0 bridgehead atoms. The molecule has 3 aromatic rings. The van der Waals surface area contributed by atoms with Crippen molar-refractivity contribution in [1.82, 2.24) is 19.5 Å². The number of nitrogens with zero attached hydrogens (tertiary/aromatic N) is 4. The van der Waals surface area contributed by atoms with Crippen molar-refractivity contribution >= 4 is 27.4 Å². The molecule has 1 aliphatic heterocycles. The van der Waals surface area contributed by atoms with Crippen molar-refractivity contribution in [1.29, 1.82) is 0 Å². The van der Waals surface area contributed by atoms with Gasteiger partial charge in [0.25, 0.3) is 0 Å². The third-order valence-corrected chi connectivity index (χ3v) is 6.08. The molecule has 0 aliphatic carbocycles. The number of thiophene rings is 1. The Kier molecular flexibility index (Phi) is 4.67. The molecule has 4 heterocycles. The Bertz CT molecular complexity index is 852. The maximum atomic E-state index is 5.56. The van der Waals surface area contributed by atoms with Crippen LogP contribution in [0.1, 0.15) is 36.5 Å². The number of anilines is 1. The molecule has 4 rings (SSSR count). The molecule has 7 heteroatoms. The molecule has 1 saturated heterocycles. The molecule has 0 amide bonds. The van der Waals surface area contributed by atoms with Gasteiger partial charge in [-0.3, -0.25) is 0 Å². The van der Waals surface area contributed by atoms with Crippen molar-refractivity contribution in [3.63, 3.8) is 0 Å². The predicted molar refractivity (Wildman–Crippen MR) is 99.9 cm³/mol. The van der Waals surface area contributed by atoms with Crippen LogP contribution >= 0.6 is 11.3 Å². The zero-order chi connectivity index (χ0) is 17.2. The molecule has 132 valence electrons. The number of ether oxygens (including phenoxy) is 1. The van der Waals surface area contributed by atoms with Crippen molar-refractivity contribution in [2.75, 3.05) is 18.5 Å². The van der Waals surface area contributed by atoms with Gasteiger partial charge >= 0.3 is 0 Å². The van der Waals surface area contributed by atoms with Gasteiger partial charge in [-0.25, -0.2) is 15.0 Å². The molecule has 1 fully saturated rings. The van der Waals surface area contributed by atoms with Crippen molar-refractivity contribution in [3.05, 3.63) is 35.5 Å². The van der Waals surface area contributed by atoms with Gasteiger partial charge in [0.15, 0.2) is 0 Å². The summed E-state index contributed by atoms with van der Waals surface area (Å²) in [6, 6.07) is 2.33. The predicted octanol–water partition coefficient (Wildman–Crippen LogP) is 3.57. The van der Waals surface area contributed by atoms with Crippen molar-refractivity contribution in [3.8, 4) is 0 Å². The fraction of sp³-hybridized carbons (Fsp3) is 0.500. The van der Waals surface area contributed by atoms with E-state index in [2.05, 4.69) is 37.8 Å². The van der Waals surface area contributed by atoms with E-state index in [1.165, 1.54) is 4.88 Å². The van der Waals surface area contributed by atoms with Gasteiger partial charge in [0.2, 0.25) is 0 Å². The highest BCUT2D eigenvalue weighted by Crippen LogP contribution is 2.35. The smallest absolute Gasteiger partial charge is 0.138 e. The summed E-state index contributed by atoms with van der Waals surface area (Å²) in [5, 5.41) is 4.80. The lowest BCUT2D eigenvalue weighted by atomic mass is 9.91. The van der Waals surface area contributed by atoms with Crippen LogP contribution in [-0.4, -0.2) is 32.7 Å². The normalized spacial score (nSPS) is 17.0. The summed E-state index contributed by atoms with van der Waals surface area (Å²) < 4.78 is 7.65. The summed E-state index contributed by atoms with van der Waals surface area (Å²) in [7, 11) is 2.05. The average molecular weight is 357 g/mol. The SMILES string of the molecule is CCc1cc2c(NC(c3nccn3C)C3CCOCC3)ncnc2s1. The molecule has 1 N–H and O–H groups in total. The molecule has 0 radical (unpaired) electrons. The summed E-state index contributed by atoms with van der Waals surface area (Å²) >= 11 is 1.74. The van der Waals surface area contributed by atoms with E-state index in [0.717, 1.165) is 54.3 Å². The minimum absolute atomic E-state index is 0.118. The molecule has 6 nitrogen and oxygen atoms in total. The van der Waals surface area contributed by atoms with Crippen LogP contribution in [0.2, 0.25) is 0 Å². The standard InChI is InChI=1S/C18H23N5OS/c1-3-13-10-14-16(20-11-21-18(14)25-13)22-15(12-4-8-24-9-5-12)17-19-6-7-23(17)2/h6-7,10-12,15H,3-5,8-9H2,1-2H3,(H,20,21,22). The van der Waals surface area contributed by atoms with E-state index in [4.69, 9.17) is 4.74 Å². The highest BCUT2D eigenvalue weighted by Gasteiger charge is 2.29. The van der Waals surface area contributed by atoms with Crippen molar-refractivity contribution in [2.24, 2.45) is 13.0 Å². The van der Waals surface area contributed by atoms with E-state index >= 15 is 0 Å². The maximum absolute atomic E-state index is 5.56. The number of imidazole rings is 1. The highest BCUT2D eigenvalue weighted by atomic mass is 32.1. The first-order chi connectivity index (χ1) is 12.3. The minimum Gasteiger partial charge on any atom is -0.381 e. The van der Waals surface area contributed by atoms with Crippen LogP contribution in [0.5, 0.6) is 0 Å². The lowest BCUT2D eigenvalue weighted by molar-refractivity contribution is 0.0594. The molecule has 25 heavy (non-hydrogen) atoms. The van der Waals surface area contributed by atoms with Gasteiger partial charge in [0.1, 0.15) is 22.8 Å². The van der Waals surface area contributed by atoms with Crippen LogP contribution in [0.25, 0.3) is 10.2 Å².